The summed E-state index contributed by atoms with van der Waals surface area (Å²) in [7, 11) is 0. The first-order chi connectivity index (χ1) is 11.1. The van der Waals surface area contributed by atoms with Crippen molar-refractivity contribution in [3.8, 4) is 0 Å². The zero-order valence-corrected chi connectivity index (χ0v) is 15.4. The number of carboxylic acid groups (broad SMARTS) is 1. The molecule has 0 aromatic rings. The molecule has 0 aromatic heterocycles. The minimum atomic E-state index is -1.43. The Balaban J connectivity index is 4.94. The summed E-state index contributed by atoms with van der Waals surface area (Å²) < 4.78 is 0. The van der Waals surface area contributed by atoms with Gasteiger partial charge in [-0.1, -0.05) is 13.8 Å². The number of rotatable bonds is 11. The smallest absolute Gasteiger partial charge is 0.328 e. The highest BCUT2D eigenvalue weighted by molar-refractivity contribution is 7.98. The number of hydrogen-bond donors (Lipinski definition) is 5. The van der Waals surface area contributed by atoms with Gasteiger partial charge < -0.3 is 26.6 Å². The maximum Gasteiger partial charge on any atom is 0.328 e. The van der Waals surface area contributed by atoms with E-state index in [4.69, 9.17) is 10.8 Å². The zero-order chi connectivity index (χ0) is 18.9. The Labute approximate surface area is 146 Å². The van der Waals surface area contributed by atoms with Gasteiger partial charge in [0, 0.05) is 0 Å². The fraction of sp³-hybridized carbons (Fsp3) is 0.800. The number of carboxylic acids is 1. The molecule has 6 N–H and O–H groups in total. The maximum absolute atomic E-state index is 12.3. The third-order valence-electron chi connectivity index (χ3n) is 3.35. The Kier molecular flexibility index (Phi) is 10.7. The first-order valence-corrected chi connectivity index (χ1v) is 9.25. The molecule has 0 aliphatic heterocycles. The van der Waals surface area contributed by atoms with Crippen LogP contribution in [0.1, 0.15) is 33.6 Å². The lowest BCUT2D eigenvalue weighted by atomic mass is 10.0. The minimum Gasteiger partial charge on any atom is -0.480 e. The Bertz CT molecular complexity index is 431. The molecule has 24 heavy (non-hydrogen) atoms. The maximum atomic E-state index is 12.3. The van der Waals surface area contributed by atoms with Crippen LogP contribution in [0, 0.1) is 5.92 Å². The van der Waals surface area contributed by atoms with Crippen LogP contribution in [0.3, 0.4) is 0 Å². The van der Waals surface area contributed by atoms with Crippen LogP contribution in [0.25, 0.3) is 0 Å². The van der Waals surface area contributed by atoms with Gasteiger partial charge in [0.25, 0.3) is 0 Å². The number of nitrogens with two attached hydrogens (primary N) is 1. The molecule has 0 aromatic carbocycles. The topological polar surface area (TPSA) is 142 Å². The average molecular weight is 363 g/mol. The molecule has 0 rings (SSSR count). The van der Waals surface area contributed by atoms with Crippen LogP contribution in [0.15, 0.2) is 0 Å². The first-order valence-electron chi connectivity index (χ1n) is 7.86. The second kappa shape index (κ2) is 11.3. The number of aliphatic carboxylic acids is 1. The molecule has 0 heterocycles. The van der Waals surface area contributed by atoms with Crippen molar-refractivity contribution in [1.82, 2.24) is 10.6 Å². The number of nitrogens with one attached hydrogen (secondary N) is 2. The third-order valence-corrected chi connectivity index (χ3v) is 4.00. The van der Waals surface area contributed by atoms with E-state index in [0.717, 1.165) is 0 Å². The Morgan fingerprint density at radius 3 is 2.12 bits per heavy atom. The van der Waals surface area contributed by atoms with Crippen molar-refractivity contribution in [3.63, 3.8) is 0 Å². The largest absolute Gasteiger partial charge is 0.480 e. The molecule has 0 aliphatic carbocycles. The molecule has 0 saturated carbocycles. The van der Waals surface area contributed by atoms with E-state index in [2.05, 4.69) is 10.6 Å². The fourth-order valence-electron chi connectivity index (χ4n) is 2.04. The molecular weight excluding hydrogens is 334 g/mol. The predicted molar refractivity (Wildman–Crippen MR) is 93.6 cm³/mol. The summed E-state index contributed by atoms with van der Waals surface area (Å²) in [4.78, 5) is 35.5. The number of carbonyl (C=O) groups excluding carboxylic acids is 2. The Morgan fingerprint density at radius 2 is 1.71 bits per heavy atom. The molecule has 140 valence electrons. The quantitative estimate of drug-likeness (QED) is 0.334. The van der Waals surface area contributed by atoms with Gasteiger partial charge in [-0.3, -0.25) is 9.59 Å². The first kappa shape index (κ1) is 22.7. The van der Waals surface area contributed by atoms with Crippen LogP contribution in [-0.4, -0.2) is 64.2 Å². The van der Waals surface area contributed by atoms with E-state index >= 15 is 0 Å². The molecule has 4 unspecified atom stereocenters. The monoisotopic (exact) mass is 363 g/mol. The van der Waals surface area contributed by atoms with Crippen molar-refractivity contribution in [2.75, 3.05) is 12.0 Å². The van der Waals surface area contributed by atoms with E-state index in [9.17, 15) is 19.5 Å². The van der Waals surface area contributed by atoms with Crippen LogP contribution >= 0.6 is 11.8 Å². The van der Waals surface area contributed by atoms with Gasteiger partial charge in [-0.2, -0.15) is 11.8 Å². The number of thioether (sulfide) groups is 1. The molecular formula is C15H29N3O5S. The van der Waals surface area contributed by atoms with Crippen molar-refractivity contribution in [3.05, 3.63) is 0 Å². The lowest BCUT2D eigenvalue weighted by Crippen LogP contribution is -2.56. The number of amides is 2. The van der Waals surface area contributed by atoms with Crippen LogP contribution in [0.5, 0.6) is 0 Å². The lowest BCUT2D eigenvalue weighted by Gasteiger charge is -2.24. The molecule has 9 heteroatoms. The van der Waals surface area contributed by atoms with Crippen LogP contribution in [0.4, 0.5) is 0 Å². The van der Waals surface area contributed by atoms with Crippen molar-refractivity contribution in [1.29, 1.82) is 0 Å². The van der Waals surface area contributed by atoms with Gasteiger partial charge >= 0.3 is 5.97 Å². The van der Waals surface area contributed by atoms with E-state index in [-0.39, 0.29) is 5.92 Å². The number of carbonyl (C=O) groups is 3. The zero-order valence-electron chi connectivity index (χ0n) is 14.6. The molecule has 0 fully saturated rings. The van der Waals surface area contributed by atoms with Gasteiger partial charge in [0.05, 0.1) is 12.1 Å². The molecule has 0 spiro atoms. The highest BCUT2D eigenvalue weighted by Crippen LogP contribution is 2.06. The van der Waals surface area contributed by atoms with E-state index in [1.54, 1.807) is 0 Å². The molecule has 2 amide bonds. The van der Waals surface area contributed by atoms with Gasteiger partial charge in [0.2, 0.25) is 11.8 Å². The Morgan fingerprint density at radius 1 is 1.12 bits per heavy atom. The standard InChI is InChI=1S/C15H29N3O5S/c1-8(2)7-10(16)13(20)17-11(5-6-24-4)14(21)18-12(9(3)19)15(22)23/h8-12,19H,5-7,16H2,1-4H3,(H,17,20)(H,18,21)(H,22,23). The molecule has 0 aliphatic rings. The minimum absolute atomic E-state index is 0.232. The normalized spacial score (nSPS) is 16.1. The molecule has 0 saturated heterocycles. The van der Waals surface area contributed by atoms with Gasteiger partial charge in [-0.05, 0) is 37.7 Å². The molecule has 4 atom stereocenters. The van der Waals surface area contributed by atoms with Gasteiger partial charge in [-0.25, -0.2) is 4.79 Å². The van der Waals surface area contributed by atoms with E-state index < -0.39 is 42.0 Å². The van der Waals surface area contributed by atoms with Crippen molar-refractivity contribution in [2.45, 2.75) is 57.8 Å². The third kappa shape index (κ3) is 8.51. The highest BCUT2D eigenvalue weighted by atomic mass is 32.2. The highest BCUT2D eigenvalue weighted by Gasteiger charge is 2.30. The molecule has 0 bridgehead atoms. The van der Waals surface area contributed by atoms with Crippen LogP contribution in [0.2, 0.25) is 0 Å². The summed E-state index contributed by atoms with van der Waals surface area (Å²) >= 11 is 1.50. The summed E-state index contributed by atoms with van der Waals surface area (Å²) in [6, 6.07) is -3.07. The Hall–Kier alpha value is -1.32. The van der Waals surface area contributed by atoms with E-state index in [1.165, 1.54) is 18.7 Å². The fourth-order valence-corrected chi connectivity index (χ4v) is 2.51. The van der Waals surface area contributed by atoms with Crippen molar-refractivity contribution < 1.29 is 24.6 Å². The predicted octanol–water partition coefficient (Wildman–Crippen LogP) is -0.452. The number of hydrogen-bond acceptors (Lipinski definition) is 6. The summed E-state index contributed by atoms with van der Waals surface area (Å²) in [5.41, 5.74) is 5.81. The van der Waals surface area contributed by atoms with Crippen molar-refractivity contribution in [2.24, 2.45) is 11.7 Å². The van der Waals surface area contributed by atoms with Crippen molar-refractivity contribution >= 4 is 29.5 Å². The average Bonchev–Trinajstić information content (AvgIpc) is 2.46. The summed E-state index contributed by atoms with van der Waals surface area (Å²) in [6.07, 6.45) is 1.41. The van der Waals surface area contributed by atoms with Gasteiger partial charge in [0.15, 0.2) is 6.04 Å². The second-order valence-electron chi connectivity index (χ2n) is 6.14. The van der Waals surface area contributed by atoms with Gasteiger partial charge in [0.1, 0.15) is 6.04 Å². The summed E-state index contributed by atoms with van der Waals surface area (Å²) in [5, 5.41) is 23.3. The van der Waals surface area contributed by atoms with Gasteiger partial charge in [-0.15, -0.1) is 0 Å². The van der Waals surface area contributed by atoms with E-state index in [1.807, 2.05) is 20.1 Å². The second-order valence-corrected chi connectivity index (χ2v) is 7.13. The van der Waals surface area contributed by atoms with E-state index in [0.29, 0.717) is 18.6 Å². The summed E-state index contributed by atoms with van der Waals surface area (Å²) in [6.45, 7) is 5.14. The molecule has 8 nitrogen and oxygen atoms in total. The number of aliphatic hydroxyl groups excluding tert-OH is 1. The van der Waals surface area contributed by atoms with Crippen LogP contribution in [-0.2, 0) is 14.4 Å². The SMILES string of the molecule is CSCCC(NC(=O)C(N)CC(C)C)C(=O)NC(C(=O)O)C(C)O. The lowest BCUT2D eigenvalue weighted by molar-refractivity contribution is -0.145. The molecule has 0 radical (unpaired) electrons. The van der Waals surface area contributed by atoms with Crippen LogP contribution < -0.4 is 16.4 Å². The summed E-state index contributed by atoms with van der Waals surface area (Å²) in [5.74, 6) is -1.61. The number of aliphatic hydroxyl groups is 1.